The predicted molar refractivity (Wildman–Crippen MR) is 112 cm³/mol. The lowest BCUT2D eigenvalue weighted by atomic mass is 10.0. The highest BCUT2D eigenvalue weighted by Crippen LogP contribution is 2.33. The SMILES string of the molecule is O=C(CC1CC1)N1Cc2cccn2CC(CCNc2ccccn2)C1.O=C(O)C(F)(F)F. The van der Waals surface area contributed by atoms with E-state index in [9.17, 15) is 18.0 Å². The number of amides is 1. The Morgan fingerprint density at radius 3 is 2.50 bits per heavy atom. The van der Waals surface area contributed by atoms with Crippen molar-refractivity contribution >= 4 is 17.7 Å². The number of hydrogen-bond acceptors (Lipinski definition) is 4. The van der Waals surface area contributed by atoms with Gasteiger partial charge in [0.2, 0.25) is 5.91 Å². The number of carboxylic acid groups (broad SMARTS) is 1. The first kappa shape index (κ1) is 23.6. The molecule has 1 saturated carbocycles. The summed E-state index contributed by atoms with van der Waals surface area (Å²) in [6.45, 7) is 3.47. The third-order valence-corrected chi connectivity index (χ3v) is 5.49. The molecular formula is C22H27F3N4O3. The number of carboxylic acids is 1. The van der Waals surface area contributed by atoms with E-state index in [1.165, 1.54) is 18.5 Å². The van der Waals surface area contributed by atoms with E-state index >= 15 is 0 Å². The lowest BCUT2D eigenvalue weighted by Gasteiger charge is -2.24. The molecular weight excluding hydrogens is 425 g/mol. The summed E-state index contributed by atoms with van der Waals surface area (Å²) in [5.74, 6) is -0.397. The van der Waals surface area contributed by atoms with Gasteiger partial charge in [-0.05, 0) is 55.4 Å². The van der Waals surface area contributed by atoms with Gasteiger partial charge in [0.15, 0.2) is 0 Å². The number of aliphatic carboxylic acids is 1. The number of nitrogens with one attached hydrogen (secondary N) is 1. The fourth-order valence-corrected chi connectivity index (χ4v) is 3.62. The minimum absolute atomic E-state index is 0.333. The van der Waals surface area contributed by atoms with Gasteiger partial charge in [0.1, 0.15) is 5.82 Å². The number of carbonyl (C=O) groups excluding carboxylic acids is 1. The van der Waals surface area contributed by atoms with Crippen molar-refractivity contribution in [1.82, 2.24) is 14.5 Å². The number of hydrogen-bond donors (Lipinski definition) is 2. The average molecular weight is 452 g/mol. The van der Waals surface area contributed by atoms with Crippen LogP contribution in [0, 0.1) is 11.8 Å². The predicted octanol–water partition coefficient (Wildman–Crippen LogP) is 3.78. The molecule has 1 amide bonds. The number of rotatable bonds is 6. The third kappa shape index (κ3) is 7.28. The van der Waals surface area contributed by atoms with Crippen LogP contribution in [0.25, 0.3) is 0 Å². The van der Waals surface area contributed by atoms with Crippen LogP contribution >= 0.6 is 0 Å². The van der Waals surface area contributed by atoms with Crippen molar-refractivity contribution in [2.24, 2.45) is 11.8 Å². The van der Waals surface area contributed by atoms with Crippen LogP contribution in [-0.4, -0.2) is 50.7 Å². The van der Waals surface area contributed by atoms with Crippen molar-refractivity contribution in [2.75, 3.05) is 18.4 Å². The molecule has 1 aliphatic heterocycles. The summed E-state index contributed by atoms with van der Waals surface area (Å²) >= 11 is 0. The van der Waals surface area contributed by atoms with Gasteiger partial charge in [-0.25, -0.2) is 9.78 Å². The fourth-order valence-electron chi connectivity index (χ4n) is 3.62. The lowest BCUT2D eigenvalue weighted by Crippen LogP contribution is -2.34. The summed E-state index contributed by atoms with van der Waals surface area (Å²) in [6, 6.07) is 10.1. The van der Waals surface area contributed by atoms with Gasteiger partial charge in [-0.2, -0.15) is 13.2 Å². The number of aromatic nitrogens is 2. The molecule has 0 bridgehead atoms. The van der Waals surface area contributed by atoms with E-state index in [4.69, 9.17) is 9.90 Å². The summed E-state index contributed by atoms with van der Waals surface area (Å²) in [5.41, 5.74) is 1.25. The third-order valence-electron chi connectivity index (χ3n) is 5.49. The van der Waals surface area contributed by atoms with Gasteiger partial charge in [0, 0.05) is 44.1 Å². The molecule has 2 aliphatic rings. The molecule has 0 radical (unpaired) electrons. The number of halogens is 3. The molecule has 1 atom stereocenters. The van der Waals surface area contributed by atoms with Crippen LogP contribution in [0.15, 0.2) is 42.7 Å². The molecule has 0 aromatic carbocycles. The number of anilines is 1. The molecule has 1 unspecified atom stereocenters. The molecule has 2 aromatic heterocycles. The minimum Gasteiger partial charge on any atom is -0.475 e. The standard InChI is InChI=1S/C20H26N4O.C2HF3O2/c25-20(12-16-6-7-16)24-14-17(13-23-11-3-4-18(23)15-24)8-10-22-19-5-1-2-9-21-19;3-2(4,5)1(6)7/h1-5,9,11,16-17H,6-8,10,12-15H2,(H,21,22);(H,6,7). The van der Waals surface area contributed by atoms with Gasteiger partial charge in [-0.15, -0.1) is 0 Å². The molecule has 1 aliphatic carbocycles. The number of pyridine rings is 1. The molecule has 2 aromatic rings. The van der Waals surface area contributed by atoms with Crippen molar-refractivity contribution in [3.63, 3.8) is 0 Å². The summed E-state index contributed by atoms with van der Waals surface area (Å²) in [7, 11) is 0. The van der Waals surface area contributed by atoms with Crippen molar-refractivity contribution in [3.8, 4) is 0 Å². The van der Waals surface area contributed by atoms with Crippen LogP contribution in [0.3, 0.4) is 0 Å². The van der Waals surface area contributed by atoms with E-state index in [0.717, 1.165) is 44.8 Å². The summed E-state index contributed by atoms with van der Waals surface area (Å²) in [6.07, 6.45) is 3.09. The Balaban J connectivity index is 0.000000360. The monoisotopic (exact) mass is 452 g/mol. The maximum absolute atomic E-state index is 12.7. The first-order valence-corrected chi connectivity index (χ1v) is 10.6. The molecule has 0 spiro atoms. The van der Waals surface area contributed by atoms with Gasteiger partial charge in [-0.1, -0.05) is 6.07 Å². The Morgan fingerprint density at radius 2 is 1.88 bits per heavy atom. The first-order valence-electron chi connectivity index (χ1n) is 10.6. The van der Waals surface area contributed by atoms with Crippen LogP contribution < -0.4 is 5.32 Å². The van der Waals surface area contributed by atoms with Crippen LogP contribution in [0.2, 0.25) is 0 Å². The fraction of sp³-hybridized carbons (Fsp3) is 0.500. The molecule has 174 valence electrons. The lowest BCUT2D eigenvalue weighted by molar-refractivity contribution is -0.192. The van der Waals surface area contributed by atoms with E-state index in [1.54, 1.807) is 6.20 Å². The van der Waals surface area contributed by atoms with E-state index in [1.807, 2.05) is 18.2 Å². The maximum Gasteiger partial charge on any atom is 0.490 e. The van der Waals surface area contributed by atoms with E-state index in [-0.39, 0.29) is 0 Å². The van der Waals surface area contributed by atoms with Gasteiger partial charge < -0.3 is 19.9 Å². The second-order valence-electron chi connectivity index (χ2n) is 8.17. The molecule has 1 fully saturated rings. The van der Waals surface area contributed by atoms with Crippen molar-refractivity contribution in [1.29, 1.82) is 0 Å². The number of fused-ring (bicyclic) bond motifs is 1. The van der Waals surface area contributed by atoms with Gasteiger partial charge in [0.25, 0.3) is 0 Å². The summed E-state index contributed by atoms with van der Waals surface area (Å²) in [4.78, 5) is 28.0. The Kier molecular flexibility index (Phi) is 7.76. The maximum atomic E-state index is 12.7. The molecule has 10 heteroatoms. The highest BCUT2D eigenvalue weighted by molar-refractivity contribution is 5.76. The zero-order valence-corrected chi connectivity index (χ0v) is 17.6. The first-order chi connectivity index (χ1) is 15.2. The Morgan fingerprint density at radius 1 is 1.12 bits per heavy atom. The minimum atomic E-state index is -5.08. The number of alkyl halides is 3. The smallest absolute Gasteiger partial charge is 0.475 e. The summed E-state index contributed by atoms with van der Waals surface area (Å²) in [5, 5.41) is 10.5. The van der Waals surface area contributed by atoms with Gasteiger partial charge >= 0.3 is 12.1 Å². The zero-order chi connectivity index (χ0) is 23.1. The number of nitrogens with zero attached hydrogens (tertiary/aromatic N) is 3. The van der Waals surface area contributed by atoms with E-state index in [2.05, 4.69) is 38.1 Å². The number of carbonyl (C=O) groups is 2. The Labute approximate surface area is 184 Å². The van der Waals surface area contributed by atoms with Gasteiger partial charge in [-0.3, -0.25) is 4.79 Å². The largest absolute Gasteiger partial charge is 0.490 e. The Hall–Kier alpha value is -3.04. The van der Waals surface area contributed by atoms with Crippen molar-refractivity contribution < 1.29 is 27.9 Å². The van der Waals surface area contributed by atoms with E-state index in [0.29, 0.717) is 17.7 Å². The molecule has 0 saturated heterocycles. The normalized spacial score (nSPS) is 18.1. The molecule has 2 N–H and O–H groups in total. The van der Waals surface area contributed by atoms with Crippen molar-refractivity contribution in [2.45, 2.75) is 44.9 Å². The van der Waals surface area contributed by atoms with Crippen molar-refractivity contribution in [3.05, 3.63) is 48.4 Å². The topological polar surface area (TPSA) is 87.5 Å². The zero-order valence-electron chi connectivity index (χ0n) is 17.6. The van der Waals surface area contributed by atoms with Crippen LogP contribution in [0.4, 0.5) is 19.0 Å². The average Bonchev–Trinajstić information content (AvgIpc) is 3.49. The second kappa shape index (κ2) is 10.5. The quantitative estimate of drug-likeness (QED) is 0.697. The van der Waals surface area contributed by atoms with Crippen LogP contribution in [0.1, 0.15) is 31.4 Å². The highest BCUT2D eigenvalue weighted by Gasteiger charge is 2.38. The molecule has 3 heterocycles. The molecule has 7 nitrogen and oxygen atoms in total. The highest BCUT2D eigenvalue weighted by atomic mass is 19.4. The Bertz CT molecular complexity index is 897. The van der Waals surface area contributed by atoms with E-state index < -0.39 is 12.1 Å². The van der Waals surface area contributed by atoms with Crippen LogP contribution in [0.5, 0.6) is 0 Å². The molecule has 32 heavy (non-hydrogen) atoms. The second-order valence-corrected chi connectivity index (χ2v) is 8.17. The van der Waals surface area contributed by atoms with Gasteiger partial charge in [0.05, 0.1) is 6.54 Å². The summed E-state index contributed by atoms with van der Waals surface area (Å²) < 4.78 is 34.1. The van der Waals surface area contributed by atoms with Crippen LogP contribution in [-0.2, 0) is 22.7 Å². The molecule has 4 rings (SSSR count).